The number of hydrogen-bond donors (Lipinski definition) is 4. The van der Waals surface area contributed by atoms with Gasteiger partial charge in [0.1, 0.15) is 22.0 Å². The number of rotatable bonds is 3. The Morgan fingerprint density at radius 3 is 2.38 bits per heavy atom. The molecule has 21 heavy (non-hydrogen) atoms. The monoisotopic (exact) mass is 371 g/mol. The average Bonchev–Trinajstić information content (AvgIpc) is 2.69. The van der Waals surface area contributed by atoms with Crippen molar-refractivity contribution in [3.05, 3.63) is 48.8 Å². The first-order valence-corrected chi connectivity index (χ1v) is 6.84. The molecule has 4 N–H and O–H groups in total. The van der Waals surface area contributed by atoms with Crippen LogP contribution in [0.1, 0.15) is 17.4 Å². The third-order valence-electron chi connectivity index (χ3n) is 2.72. The molecule has 1 heterocycles. The Morgan fingerprint density at radius 2 is 1.81 bits per heavy atom. The molecule has 2 aromatic rings. The molecule has 0 aliphatic carbocycles. The van der Waals surface area contributed by atoms with Crippen molar-refractivity contribution in [2.24, 2.45) is 0 Å². The second-order valence-electron chi connectivity index (χ2n) is 4.02. The molecule has 0 fully saturated rings. The van der Waals surface area contributed by atoms with Crippen molar-refractivity contribution in [1.82, 2.24) is 4.98 Å². The summed E-state index contributed by atoms with van der Waals surface area (Å²) in [5.74, 6) is -0.434. The van der Waals surface area contributed by atoms with Crippen LogP contribution in [-0.2, 0) is 0 Å². The van der Waals surface area contributed by atoms with E-state index in [1.807, 2.05) is 0 Å². The zero-order chi connectivity index (χ0) is 15.9. The molecule has 0 bridgehead atoms. The van der Waals surface area contributed by atoms with Crippen LogP contribution in [0.4, 0.5) is 5.69 Å². The number of aromatic hydroxyl groups is 1. The number of hydrogen-bond acceptors (Lipinski definition) is 5. The standard InChI is InChI=1S/C11H7Cl4N2O4/c12-3-1-4(9(18)5(13)2-3)10(19)7-8(17(20)21)6(14)11(15)16-7/h1-2,10,16,18-20H/q-1. The lowest BCUT2D eigenvalue weighted by atomic mass is 10.0. The smallest absolute Gasteiger partial charge is 0.140 e. The maximum Gasteiger partial charge on any atom is 0.140 e. The van der Waals surface area contributed by atoms with Gasteiger partial charge in [0.15, 0.2) is 0 Å². The summed E-state index contributed by atoms with van der Waals surface area (Å²) >= 11 is 23.0. The van der Waals surface area contributed by atoms with E-state index in [0.29, 0.717) is 0 Å². The fraction of sp³-hybridized carbons (Fsp3) is 0.0909. The van der Waals surface area contributed by atoms with E-state index in [2.05, 4.69) is 4.98 Å². The van der Waals surface area contributed by atoms with E-state index >= 15 is 0 Å². The number of nitrogens with one attached hydrogen (secondary N) is 1. The number of anilines is 1. The molecule has 10 heteroatoms. The van der Waals surface area contributed by atoms with Crippen LogP contribution >= 0.6 is 46.4 Å². The fourth-order valence-corrected chi connectivity index (χ4v) is 2.71. The van der Waals surface area contributed by atoms with Gasteiger partial charge in [-0.05, 0) is 12.1 Å². The minimum Gasteiger partial charge on any atom is -0.733 e. The highest BCUT2D eigenvalue weighted by atomic mass is 35.5. The second kappa shape index (κ2) is 6.10. The van der Waals surface area contributed by atoms with Crippen LogP contribution in [-0.4, -0.2) is 20.4 Å². The highest BCUT2D eigenvalue weighted by Gasteiger charge is 2.26. The van der Waals surface area contributed by atoms with Crippen LogP contribution in [0, 0.1) is 5.21 Å². The minimum atomic E-state index is -1.58. The molecule has 0 radical (unpaired) electrons. The number of aromatic amines is 1. The second-order valence-corrected chi connectivity index (χ2v) is 5.62. The highest BCUT2D eigenvalue weighted by molar-refractivity contribution is 6.43. The summed E-state index contributed by atoms with van der Waals surface area (Å²) in [7, 11) is 0. The van der Waals surface area contributed by atoms with Crippen LogP contribution in [0.3, 0.4) is 0 Å². The molecule has 1 atom stereocenters. The Kier molecular flexibility index (Phi) is 4.79. The zero-order valence-corrected chi connectivity index (χ0v) is 13.0. The van der Waals surface area contributed by atoms with Crippen LogP contribution in [0.15, 0.2) is 12.1 Å². The van der Waals surface area contributed by atoms with E-state index in [0.717, 1.165) is 0 Å². The van der Waals surface area contributed by atoms with Gasteiger partial charge in [0.25, 0.3) is 0 Å². The van der Waals surface area contributed by atoms with Gasteiger partial charge < -0.3 is 25.6 Å². The molecule has 0 spiro atoms. The van der Waals surface area contributed by atoms with Crippen molar-refractivity contribution in [3.8, 4) is 5.75 Å². The van der Waals surface area contributed by atoms with E-state index in [1.165, 1.54) is 12.1 Å². The van der Waals surface area contributed by atoms with Crippen LogP contribution in [0.5, 0.6) is 5.75 Å². The lowest BCUT2D eigenvalue weighted by Crippen LogP contribution is -2.12. The molecule has 1 aromatic carbocycles. The number of H-pyrrole nitrogens is 1. The molecule has 0 amide bonds. The van der Waals surface area contributed by atoms with Gasteiger partial charge in [-0.3, -0.25) is 5.21 Å². The molecule has 0 aliphatic rings. The summed E-state index contributed by atoms with van der Waals surface area (Å²) in [5, 5.41) is 39.4. The Bertz CT molecular complexity index is 689. The van der Waals surface area contributed by atoms with E-state index in [9.17, 15) is 15.4 Å². The van der Waals surface area contributed by atoms with Crippen LogP contribution in [0.2, 0.25) is 20.2 Å². The Balaban J connectivity index is 2.61. The summed E-state index contributed by atoms with van der Waals surface area (Å²) in [5.41, 5.74) is -0.800. The average molecular weight is 373 g/mol. The Morgan fingerprint density at radius 1 is 1.19 bits per heavy atom. The normalized spacial score (nSPS) is 12.5. The van der Waals surface area contributed by atoms with Gasteiger partial charge in [0.2, 0.25) is 0 Å². The predicted molar refractivity (Wildman–Crippen MR) is 80.6 cm³/mol. The third kappa shape index (κ3) is 3.02. The van der Waals surface area contributed by atoms with Gasteiger partial charge in [-0.1, -0.05) is 46.4 Å². The summed E-state index contributed by atoms with van der Waals surface area (Å²) < 4.78 is 0. The van der Waals surface area contributed by atoms with Gasteiger partial charge in [-0.15, -0.1) is 0 Å². The molecule has 0 saturated carbocycles. The fourth-order valence-electron chi connectivity index (χ4n) is 1.79. The first-order chi connectivity index (χ1) is 9.73. The zero-order valence-electron chi connectivity index (χ0n) is 9.94. The first-order valence-electron chi connectivity index (χ1n) is 5.33. The van der Waals surface area contributed by atoms with Crippen molar-refractivity contribution in [1.29, 1.82) is 0 Å². The van der Waals surface area contributed by atoms with Crippen molar-refractivity contribution in [2.45, 2.75) is 6.10 Å². The van der Waals surface area contributed by atoms with Gasteiger partial charge in [-0.25, -0.2) is 0 Å². The van der Waals surface area contributed by atoms with Crippen molar-refractivity contribution < 1.29 is 15.4 Å². The van der Waals surface area contributed by atoms with E-state index in [4.69, 9.17) is 51.6 Å². The molecular formula is C11H7Cl4N2O4-. The molecule has 6 nitrogen and oxygen atoms in total. The van der Waals surface area contributed by atoms with Crippen molar-refractivity contribution >= 4 is 52.1 Å². The SMILES string of the molecule is [O-]N(O)c1c(C(O)c2cc(Cl)cc(Cl)c2O)[nH]c(Cl)c1Cl. The molecule has 0 saturated heterocycles. The van der Waals surface area contributed by atoms with Crippen LogP contribution in [0.25, 0.3) is 0 Å². The number of nitrogens with zero attached hydrogens (tertiary/aromatic N) is 1. The summed E-state index contributed by atoms with van der Waals surface area (Å²) in [6, 6.07) is 2.52. The van der Waals surface area contributed by atoms with Gasteiger partial charge in [-0.2, -0.15) is 0 Å². The van der Waals surface area contributed by atoms with E-state index < -0.39 is 22.8 Å². The molecular weight excluding hydrogens is 366 g/mol. The largest absolute Gasteiger partial charge is 0.733 e. The summed E-state index contributed by atoms with van der Waals surface area (Å²) in [6.45, 7) is 0. The number of benzene rings is 1. The number of phenols is 1. The van der Waals surface area contributed by atoms with Crippen molar-refractivity contribution in [3.63, 3.8) is 0 Å². The molecule has 114 valence electrons. The molecule has 2 rings (SSSR count). The minimum absolute atomic E-state index is 0.0924. The van der Waals surface area contributed by atoms with Crippen LogP contribution < -0.4 is 5.23 Å². The number of phenolic OH excluding ortho intramolecular Hbond substituents is 1. The lowest BCUT2D eigenvalue weighted by Gasteiger charge is -2.24. The number of aromatic nitrogens is 1. The quantitative estimate of drug-likeness (QED) is 0.607. The predicted octanol–water partition coefficient (Wildman–Crippen LogP) is 4.11. The first kappa shape index (κ1) is 16.5. The van der Waals surface area contributed by atoms with Gasteiger partial charge in [0.05, 0.1) is 16.4 Å². The highest BCUT2D eigenvalue weighted by Crippen LogP contribution is 2.43. The Labute approximate surface area is 138 Å². The lowest BCUT2D eigenvalue weighted by molar-refractivity contribution is 0.208. The van der Waals surface area contributed by atoms with Gasteiger partial charge >= 0.3 is 0 Å². The maximum atomic E-state index is 11.1. The maximum absolute atomic E-state index is 11.1. The van der Waals surface area contributed by atoms with Crippen molar-refractivity contribution in [2.75, 3.05) is 5.23 Å². The van der Waals surface area contributed by atoms with Gasteiger partial charge in [0, 0.05) is 10.6 Å². The third-order valence-corrected chi connectivity index (χ3v) is 3.97. The Hall–Kier alpha value is -0.860. The number of aliphatic hydroxyl groups excluding tert-OH is 1. The molecule has 1 aromatic heterocycles. The number of halogens is 4. The molecule has 0 aliphatic heterocycles. The van der Waals surface area contributed by atoms with E-state index in [-0.39, 0.29) is 31.5 Å². The molecule has 1 unspecified atom stereocenters. The summed E-state index contributed by atoms with van der Waals surface area (Å²) in [4.78, 5) is 2.44. The summed E-state index contributed by atoms with van der Waals surface area (Å²) in [6.07, 6.45) is -1.58. The topological polar surface area (TPSA) is 103 Å². The number of aliphatic hydroxyl groups is 1. The van der Waals surface area contributed by atoms with E-state index in [1.54, 1.807) is 0 Å².